The summed E-state index contributed by atoms with van der Waals surface area (Å²) in [6.07, 6.45) is 4.94. The van der Waals surface area contributed by atoms with Crippen LogP contribution in [0.3, 0.4) is 0 Å². The molecule has 7 nitrogen and oxygen atoms in total. The molecule has 2 aromatic rings. The molecule has 1 saturated carbocycles. The maximum absolute atomic E-state index is 12.1. The first-order valence-corrected chi connectivity index (χ1v) is 11.8. The molecule has 2 fully saturated rings. The summed E-state index contributed by atoms with van der Waals surface area (Å²) < 4.78 is 17.4. The molecule has 2 N–H and O–H groups in total. The number of anilines is 1. The van der Waals surface area contributed by atoms with Crippen LogP contribution in [0.1, 0.15) is 31.2 Å². The third-order valence-corrected chi connectivity index (χ3v) is 6.72. The van der Waals surface area contributed by atoms with Crippen molar-refractivity contribution in [2.24, 2.45) is 5.73 Å². The molecule has 178 valence electrons. The number of carbonyl (C=O) groups is 1. The molecule has 2 aromatic carbocycles. The van der Waals surface area contributed by atoms with Crippen LogP contribution in [0, 0.1) is 0 Å². The molecule has 0 bridgehead atoms. The Morgan fingerprint density at radius 2 is 1.82 bits per heavy atom. The maximum Gasteiger partial charge on any atom is 0.261 e. The first kappa shape index (κ1) is 23.4. The van der Waals surface area contributed by atoms with Crippen LogP contribution in [-0.4, -0.2) is 63.0 Å². The summed E-state index contributed by atoms with van der Waals surface area (Å²) in [4.78, 5) is 16.5. The first-order chi connectivity index (χ1) is 16.1. The third-order valence-electron chi connectivity index (χ3n) is 6.72. The van der Waals surface area contributed by atoms with Crippen molar-refractivity contribution in [3.63, 3.8) is 0 Å². The molecule has 0 aromatic heterocycles. The highest BCUT2D eigenvalue weighted by Gasteiger charge is 2.35. The largest absolute Gasteiger partial charge is 0.493 e. The number of primary amides is 1. The lowest BCUT2D eigenvalue weighted by atomic mass is 10.0. The maximum atomic E-state index is 12.1. The number of methoxy groups -OCH3 is 2. The highest BCUT2D eigenvalue weighted by molar-refractivity contribution is 5.78. The number of amides is 1. The fraction of sp³-hybridized carbons (Fsp3) is 0.500. The monoisotopic (exact) mass is 453 g/mol. The minimum absolute atomic E-state index is 0.0694. The number of ether oxygens (including phenoxy) is 3. The normalized spacial score (nSPS) is 20.5. The second kappa shape index (κ2) is 10.9. The van der Waals surface area contributed by atoms with Crippen molar-refractivity contribution >= 4 is 11.6 Å². The summed E-state index contributed by atoms with van der Waals surface area (Å²) in [5.74, 6) is 1.11. The van der Waals surface area contributed by atoms with E-state index in [9.17, 15) is 4.79 Å². The summed E-state index contributed by atoms with van der Waals surface area (Å²) in [5.41, 5.74) is 7.97. The lowest BCUT2D eigenvalue weighted by Crippen LogP contribution is -2.60. The Kier molecular flexibility index (Phi) is 7.73. The van der Waals surface area contributed by atoms with Crippen LogP contribution in [0.4, 0.5) is 5.69 Å². The molecule has 1 aliphatic carbocycles. The number of rotatable bonds is 9. The second-order valence-corrected chi connectivity index (χ2v) is 8.88. The Hall–Kier alpha value is -2.77. The van der Waals surface area contributed by atoms with E-state index in [1.54, 1.807) is 7.11 Å². The van der Waals surface area contributed by atoms with E-state index in [1.165, 1.54) is 25.5 Å². The molecule has 0 radical (unpaired) electrons. The van der Waals surface area contributed by atoms with Gasteiger partial charge in [-0.25, -0.2) is 0 Å². The Bertz CT molecular complexity index is 917. The van der Waals surface area contributed by atoms with E-state index < -0.39 is 12.1 Å². The minimum atomic E-state index is -0.738. The number of carbonyl (C=O) groups excluding carboxylic acids is 1. The highest BCUT2D eigenvalue weighted by atomic mass is 16.5. The highest BCUT2D eigenvalue weighted by Crippen LogP contribution is 2.36. The number of benzene rings is 2. The lowest BCUT2D eigenvalue weighted by molar-refractivity contribution is -0.143. The van der Waals surface area contributed by atoms with Crippen LogP contribution in [0.5, 0.6) is 11.5 Å². The number of nitrogens with two attached hydrogens (primary N) is 1. The van der Waals surface area contributed by atoms with Gasteiger partial charge < -0.3 is 24.8 Å². The van der Waals surface area contributed by atoms with Gasteiger partial charge in [-0.3, -0.25) is 9.69 Å². The van der Waals surface area contributed by atoms with Crippen LogP contribution in [0.15, 0.2) is 48.5 Å². The number of nitrogens with zero attached hydrogens (tertiary/aromatic N) is 2. The van der Waals surface area contributed by atoms with Gasteiger partial charge in [-0.1, -0.05) is 30.3 Å². The number of hydrogen-bond acceptors (Lipinski definition) is 6. The molecule has 1 aliphatic heterocycles. The molecule has 33 heavy (non-hydrogen) atoms. The predicted molar refractivity (Wildman–Crippen MR) is 129 cm³/mol. The van der Waals surface area contributed by atoms with Gasteiger partial charge in [0.05, 0.1) is 13.2 Å². The summed E-state index contributed by atoms with van der Waals surface area (Å²) in [6.45, 7) is 2.18. The average molecular weight is 454 g/mol. The van der Waals surface area contributed by atoms with Crippen LogP contribution < -0.4 is 20.1 Å². The second-order valence-electron chi connectivity index (χ2n) is 8.88. The minimum Gasteiger partial charge on any atom is -0.493 e. The van der Waals surface area contributed by atoms with Crippen LogP contribution in [0.2, 0.25) is 0 Å². The average Bonchev–Trinajstić information content (AvgIpc) is 3.34. The van der Waals surface area contributed by atoms with Crippen molar-refractivity contribution < 1.29 is 19.0 Å². The molecule has 1 saturated heterocycles. The molecule has 0 spiro atoms. The smallest absolute Gasteiger partial charge is 0.261 e. The zero-order chi connectivity index (χ0) is 23.2. The molecular weight excluding hydrogens is 418 g/mol. The van der Waals surface area contributed by atoms with Crippen LogP contribution in [-0.2, 0) is 16.0 Å². The van der Waals surface area contributed by atoms with E-state index in [4.69, 9.17) is 19.9 Å². The number of piperazine rings is 1. The van der Waals surface area contributed by atoms with Crippen molar-refractivity contribution in [1.29, 1.82) is 0 Å². The third kappa shape index (κ3) is 5.60. The summed E-state index contributed by atoms with van der Waals surface area (Å²) in [6, 6.07) is 16.6. The molecule has 2 aliphatic rings. The van der Waals surface area contributed by atoms with Gasteiger partial charge in [0.2, 0.25) is 0 Å². The zero-order valence-electron chi connectivity index (χ0n) is 19.6. The first-order valence-electron chi connectivity index (χ1n) is 11.8. The molecule has 7 heteroatoms. The summed E-state index contributed by atoms with van der Waals surface area (Å²) in [5, 5.41) is 0. The van der Waals surface area contributed by atoms with Crippen molar-refractivity contribution in [2.75, 3.05) is 38.8 Å². The van der Waals surface area contributed by atoms with Gasteiger partial charge in [0.25, 0.3) is 5.91 Å². The van der Waals surface area contributed by atoms with E-state index >= 15 is 0 Å². The quantitative estimate of drug-likeness (QED) is 0.628. The van der Waals surface area contributed by atoms with Gasteiger partial charge >= 0.3 is 0 Å². The van der Waals surface area contributed by atoms with E-state index in [1.807, 2.05) is 24.3 Å². The van der Waals surface area contributed by atoms with Gasteiger partial charge in [0.1, 0.15) is 0 Å². The zero-order valence-corrected chi connectivity index (χ0v) is 19.6. The lowest BCUT2D eigenvalue weighted by Gasteiger charge is -2.44. The van der Waals surface area contributed by atoms with E-state index in [0.717, 1.165) is 49.5 Å². The van der Waals surface area contributed by atoms with Crippen molar-refractivity contribution in [2.45, 2.75) is 50.5 Å². The molecule has 4 rings (SSSR count). The topological polar surface area (TPSA) is 77.3 Å². The fourth-order valence-electron chi connectivity index (χ4n) is 5.04. The van der Waals surface area contributed by atoms with E-state index in [-0.39, 0.29) is 12.1 Å². The van der Waals surface area contributed by atoms with E-state index in [0.29, 0.717) is 6.54 Å². The standard InChI is InChI=1S/C26H35N3O4/c1-31-23-13-12-20(17-24(23)33-22-10-6-7-11-22)28-14-15-29(26(32-2)25(27)30)21(18-28)16-19-8-4-3-5-9-19/h3-5,8-9,12-13,17,21-22,26H,6-7,10-11,14-16,18H2,1-2H3,(H2,27,30). The van der Waals surface area contributed by atoms with Crippen molar-refractivity contribution in [3.8, 4) is 11.5 Å². The van der Waals surface area contributed by atoms with Crippen LogP contribution in [0.25, 0.3) is 0 Å². The van der Waals surface area contributed by atoms with E-state index in [2.05, 4.69) is 34.1 Å². The van der Waals surface area contributed by atoms with Gasteiger partial charge in [-0.05, 0) is 49.8 Å². The van der Waals surface area contributed by atoms with Crippen molar-refractivity contribution in [1.82, 2.24) is 4.90 Å². The van der Waals surface area contributed by atoms with Crippen molar-refractivity contribution in [3.05, 3.63) is 54.1 Å². The molecule has 2 unspecified atom stereocenters. The van der Waals surface area contributed by atoms with Crippen LogP contribution >= 0.6 is 0 Å². The summed E-state index contributed by atoms with van der Waals surface area (Å²) >= 11 is 0. The summed E-state index contributed by atoms with van der Waals surface area (Å²) in [7, 11) is 3.22. The number of hydrogen-bond donors (Lipinski definition) is 1. The Morgan fingerprint density at radius 1 is 1.06 bits per heavy atom. The SMILES string of the molecule is COc1ccc(N2CCN(C(OC)C(N)=O)C(Cc3ccccc3)C2)cc1OC1CCCC1. The predicted octanol–water partition coefficient (Wildman–Crippen LogP) is 3.21. The van der Waals surface area contributed by atoms with Gasteiger partial charge in [-0.2, -0.15) is 0 Å². The molecule has 2 atom stereocenters. The van der Waals surface area contributed by atoms with Gasteiger partial charge in [0, 0.05) is 44.5 Å². The Labute approximate surface area is 196 Å². The van der Waals surface area contributed by atoms with Gasteiger partial charge in [0.15, 0.2) is 17.7 Å². The Morgan fingerprint density at radius 3 is 2.48 bits per heavy atom. The van der Waals surface area contributed by atoms with Gasteiger partial charge in [-0.15, -0.1) is 0 Å². The molecular formula is C26H35N3O4. The molecule has 1 amide bonds. The fourth-order valence-corrected chi connectivity index (χ4v) is 5.04. The molecule has 1 heterocycles. The Balaban J connectivity index is 1.56.